The fourth-order valence-corrected chi connectivity index (χ4v) is 4.43. The standard InChI is InChI=1S/C20H23F3N4O3/c1-30-11-17(28)26-6-4-19(5-7-26)9-16(18(25)29)27(12-19)14-3-2-13(10-24)15(8-14)20(21,22)23/h2-3,8,16H,4-7,9,11-12H2,1H3,(H2,25,29). The molecule has 162 valence electrons. The number of primary amides is 1. The van der Waals surface area contributed by atoms with E-state index in [0.29, 0.717) is 38.9 Å². The van der Waals surface area contributed by atoms with Crippen LogP contribution >= 0.6 is 0 Å². The Balaban J connectivity index is 1.86. The van der Waals surface area contributed by atoms with Crippen LogP contribution in [0.15, 0.2) is 18.2 Å². The summed E-state index contributed by atoms with van der Waals surface area (Å²) in [4.78, 5) is 27.4. The van der Waals surface area contributed by atoms with Gasteiger partial charge in [0.15, 0.2) is 0 Å². The number of carbonyl (C=O) groups is 2. The number of hydrogen-bond acceptors (Lipinski definition) is 5. The molecule has 1 atom stereocenters. The zero-order chi connectivity index (χ0) is 22.1. The lowest BCUT2D eigenvalue weighted by Gasteiger charge is -2.39. The van der Waals surface area contributed by atoms with E-state index >= 15 is 0 Å². The second kappa shape index (κ2) is 8.14. The third-order valence-electron chi connectivity index (χ3n) is 6.04. The summed E-state index contributed by atoms with van der Waals surface area (Å²) in [5.74, 6) is -0.724. The lowest BCUT2D eigenvalue weighted by molar-refractivity contribution is -0.138. The molecule has 0 aromatic heterocycles. The van der Waals surface area contributed by atoms with Gasteiger partial charge in [0.25, 0.3) is 0 Å². The number of alkyl halides is 3. The number of ether oxygens (including phenoxy) is 1. The number of rotatable bonds is 4. The van der Waals surface area contributed by atoms with Gasteiger partial charge < -0.3 is 20.3 Å². The molecule has 3 rings (SSSR count). The monoisotopic (exact) mass is 424 g/mol. The van der Waals surface area contributed by atoms with Crippen molar-refractivity contribution in [3.05, 3.63) is 29.3 Å². The molecular formula is C20H23F3N4O3. The third kappa shape index (κ3) is 4.21. The van der Waals surface area contributed by atoms with Crippen LogP contribution in [-0.4, -0.2) is 56.1 Å². The Morgan fingerprint density at radius 2 is 2.00 bits per heavy atom. The highest BCUT2D eigenvalue weighted by atomic mass is 19.4. The highest BCUT2D eigenvalue weighted by Crippen LogP contribution is 2.46. The number of benzene rings is 1. The van der Waals surface area contributed by atoms with Crippen LogP contribution in [0.25, 0.3) is 0 Å². The minimum Gasteiger partial charge on any atom is -0.375 e. The molecule has 0 bridgehead atoms. The van der Waals surface area contributed by atoms with Crippen LogP contribution in [0.1, 0.15) is 30.4 Å². The van der Waals surface area contributed by atoms with Gasteiger partial charge in [-0.25, -0.2) is 0 Å². The van der Waals surface area contributed by atoms with Crippen LogP contribution in [-0.2, 0) is 20.5 Å². The van der Waals surface area contributed by atoms with Gasteiger partial charge >= 0.3 is 6.18 Å². The summed E-state index contributed by atoms with van der Waals surface area (Å²) in [7, 11) is 1.45. The normalized spacial score (nSPS) is 21.0. The number of methoxy groups -OCH3 is 1. The zero-order valence-corrected chi connectivity index (χ0v) is 16.5. The Kier molecular flexibility index (Phi) is 5.94. The summed E-state index contributed by atoms with van der Waals surface area (Å²) in [6.07, 6.45) is -3.04. The van der Waals surface area contributed by atoms with E-state index in [9.17, 15) is 22.8 Å². The molecule has 1 aromatic rings. The SMILES string of the molecule is COCC(=O)N1CCC2(CC1)CC(C(N)=O)N(c1ccc(C#N)c(C(F)(F)F)c1)C2. The number of carbonyl (C=O) groups excluding carboxylic acids is 2. The molecule has 2 aliphatic heterocycles. The van der Waals surface area contributed by atoms with Gasteiger partial charge in [0.05, 0.1) is 17.2 Å². The number of piperidine rings is 1. The summed E-state index contributed by atoms with van der Waals surface area (Å²) in [6, 6.07) is 4.25. The van der Waals surface area contributed by atoms with Crippen molar-refractivity contribution in [2.24, 2.45) is 11.1 Å². The molecule has 30 heavy (non-hydrogen) atoms. The molecule has 1 aromatic carbocycles. The molecule has 2 aliphatic rings. The molecule has 0 saturated carbocycles. The summed E-state index contributed by atoms with van der Waals surface area (Å²) in [5, 5.41) is 9.01. The first-order chi connectivity index (χ1) is 14.1. The van der Waals surface area contributed by atoms with Crippen molar-refractivity contribution < 1.29 is 27.5 Å². The van der Waals surface area contributed by atoms with Crippen LogP contribution in [0.4, 0.5) is 18.9 Å². The molecule has 7 nitrogen and oxygen atoms in total. The first-order valence-electron chi connectivity index (χ1n) is 9.54. The van der Waals surface area contributed by atoms with E-state index < -0.39 is 29.3 Å². The van der Waals surface area contributed by atoms with Crippen molar-refractivity contribution in [2.75, 3.05) is 38.3 Å². The van der Waals surface area contributed by atoms with Crippen molar-refractivity contribution in [1.82, 2.24) is 4.90 Å². The topological polar surface area (TPSA) is 99.7 Å². The van der Waals surface area contributed by atoms with E-state index in [1.807, 2.05) is 0 Å². The second-order valence-electron chi connectivity index (χ2n) is 7.90. The number of nitriles is 1. The summed E-state index contributed by atoms with van der Waals surface area (Å²) in [6.45, 7) is 1.33. The van der Waals surface area contributed by atoms with Gasteiger partial charge in [-0.2, -0.15) is 18.4 Å². The third-order valence-corrected chi connectivity index (χ3v) is 6.04. The maximum atomic E-state index is 13.4. The largest absolute Gasteiger partial charge is 0.417 e. The second-order valence-corrected chi connectivity index (χ2v) is 7.90. The van der Waals surface area contributed by atoms with Crippen molar-refractivity contribution in [3.8, 4) is 6.07 Å². The first-order valence-corrected chi connectivity index (χ1v) is 9.54. The average Bonchev–Trinajstić information content (AvgIpc) is 3.07. The number of anilines is 1. The van der Waals surface area contributed by atoms with Crippen LogP contribution in [0.2, 0.25) is 0 Å². The lowest BCUT2D eigenvalue weighted by atomic mass is 9.76. The summed E-state index contributed by atoms with van der Waals surface area (Å²) in [5.41, 5.74) is 3.95. The van der Waals surface area contributed by atoms with Crippen LogP contribution in [0.3, 0.4) is 0 Å². The number of nitrogens with two attached hydrogens (primary N) is 1. The zero-order valence-electron chi connectivity index (χ0n) is 16.5. The molecule has 10 heteroatoms. The Bertz CT molecular complexity index is 873. The first kappa shape index (κ1) is 21.9. The number of nitrogens with zero attached hydrogens (tertiary/aromatic N) is 3. The van der Waals surface area contributed by atoms with E-state index in [1.54, 1.807) is 15.9 Å². The van der Waals surface area contributed by atoms with E-state index in [0.717, 1.165) is 12.1 Å². The Morgan fingerprint density at radius 3 is 2.53 bits per heavy atom. The Labute approximate surface area is 172 Å². The van der Waals surface area contributed by atoms with Gasteiger partial charge in [0, 0.05) is 32.4 Å². The fourth-order valence-electron chi connectivity index (χ4n) is 4.43. The number of likely N-dealkylation sites (tertiary alicyclic amines) is 1. The minimum atomic E-state index is -4.69. The van der Waals surface area contributed by atoms with Crippen molar-refractivity contribution in [3.63, 3.8) is 0 Å². The van der Waals surface area contributed by atoms with E-state index in [2.05, 4.69) is 0 Å². The fraction of sp³-hybridized carbons (Fsp3) is 0.550. The lowest BCUT2D eigenvalue weighted by Crippen LogP contribution is -2.45. The number of halogens is 3. The van der Waals surface area contributed by atoms with Gasteiger partial charge in [0.1, 0.15) is 12.6 Å². The van der Waals surface area contributed by atoms with Crippen LogP contribution < -0.4 is 10.6 Å². The highest BCUT2D eigenvalue weighted by Gasteiger charge is 2.48. The number of hydrogen-bond donors (Lipinski definition) is 1. The molecule has 0 aliphatic carbocycles. The molecule has 2 N–H and O–H groups in total. The molecule has 0 radical (unpaired) electrons. The molecular weight excluding hydrogens is 401 g/mol. The van der Waals surface area contributed by atoms with Crippen LogP contribution in [0, 0.1) is 16.7 Å². The van der Waals surface area contributed by atoms with Crippen molar-refractivity contribution in [2.45, 2.75) is 31.5 Å². The van der Waals surface area contributed by atoms with Gasteiger partial charge in [-0.3, -0.25) is 9.59 Å². The maximum Gasteiger partial charge on any atom is 0.417 e. The predicted octanol–water partition coefficient (Wildman–Crippen LogP) is 1.90. The van der Waals surface area contributed by atoms with Crippen LogP contribution in [0.5, 0.6) is 0 Å². The summed E-state index contributed by atoms with van der Waals surface area (Å²) >= 11 is 0. The van der Waals surface area contributed by atoms with Gasteiger partial charge in [0.2, 0.25) is 11.8 Å². The van der Waals surface area contributed by atoms with Gasteiger partial charge in [-0.1, -0.05) is 0 Å². The average molecular weight is 424 g/mol. The highest BCUT2D eigenvalue weighted by molar-refractivity contribution is 5.85. The summed E-state index contributed by atoms with van der Waals surface area (Å²) < 4.78 is 45.0. The Morgan fingerprint density at radius 1 is 1.33 bits per heavy atom. The van der Waals surface area contributed by atoms with Crippen molar-refractivity contribution in [1.29, 1.82) is 5.26 Å². The predicted molar refractivity (Wildman–Crippen MR) is 101 cm³/mol. The molecule has 2 amide bonds. The maximum absolute atomic E-state index is 13.4. The smallest absolute Gasteiger partial charge is 0.375 e. The minimum absolute atomic E-state index is 0.00546. The molecule has 2 heterocycles. The van der Waals surface area contributed by atoms with E-state index in [1.165, 1.54) is 13.2 Å². The molecule has 2 saturated heterocycles. The van der Waals surface area contributed by atoms with Gasteiger partial charge in [-0.15, -0.1) is 0 Å². The van der Waals surface area contributed by atoms with Crippen molar-refractivity contribution >= 4 is 17.5 Å². The quantitative estimate of drug-likeness (QED) is 0.796. The van der Waals surface area contributed by atoms with E-state index in [4.69, 9.17) is 15.7 Å². The molecule has 2 fully saturated rings. The molecule has 1 spiro atoms. The van der Waals surface area contributed by atoms with E-state index in [-0.39, 0.29) is 23.6 Å². The molecule has 1 unspecified atom stereocenters. The Hall–Kier alpha value is -2.80. The van der Waals surface area contributed by atoms with Gasteiger partial charge in [-0.05, 0) is 42.9 Å². The number of amides is 2.